The predicted molar refractivity (Wildman–Crippen MR) is 68.9 cm³/mol. The molecule has 108 valence electrons. The molecule has 2 atom stereocenters. The first-order valence-electron chi connectivity index (χ1n) is 6.90. The second-order valence-electron chi connectivity index (χ2n) is 5.48. The van der Waals surface area contributed by atoms with Gasteiger partial charge in [0.25, 0.3) is 0 Å². The first-order chi connectivity index (χ1) is 9.10. The maximum atomic E-state index is 12.2. The summed E-state index contributed by atoms with van der Waals surface area (Å²) in [6.07, 6.45) is 5.11. The molecule has 19 heavy (non-hydrogen) atoms. The van der Waals surface area contributed by atoms with E-state index in [0.29, 0.717) is 12.5 Å². The average Bonchev–Trinajstić information content (AvgIpc) is 3.06. The Hall–Kier alpha value is -1.30. The molecule has 0 aromatic heterocycles. The van der Waals surface area contributed by atoms with Crippen molar-refractivity contribution >= 4 is 12.0 Å². The van der Waals surface area contributed by atoms with Crippen LogP contribution in [0.3, 0.4) is 0 Å². The van der Waals surface area contributed by atoms with Gasteiger partial charge in [0.1, 0.15) is 6.54 Å². The standard InChI is InChI=1S/C13H22N2O4/c1-19-11-4-2-3-10(11)14-13(18)15(8-12(16)17)7-9-5-6-9/h9-11H,2-8H2,1H3,(H,14,18)(H,16,17). The lowest BCUT2D eigenvalue weighted by atomic mass is 10.2. The number of hydrogen-bond acceptors (Lipinski definition) is 3. The molecule has 2 fully saturated rings. The van der Waals surface area contributed by atoms with E-state index in [9.17, 15) is 9.59 Å². The largest absolute Gasteiger partial charge is 0.480 e. The number of rotatable bonds is 6. The molecule has 2 amide bonds. The molecule has 2 aliphatic carbocycles. The zero-order chi connectivity index (χ0) is 13.8. The highest BCUT2D eigenvalue weighted by atomic mass is 16.5. The number of carboxylic acids is 1. The van der Waals surface area contributed by atoms with Gasteiger partial charge in [-0.05, 0) is 38.0 Å². The monoisotopic (exact) mass is 270 g/mol. The van der Waals surface area contributed by atoms with Gasteiger partial charge in [0.2, 0.25) is 0 Å². The molecule has 2 rings (SSSR count). The summed E-state index contributed by atoms with van der Waals surface area (Å²) >= 11 is 0. The number of carbonyl (C=O) groups excluding carboxylic acids is 1. The van der Waals surface area contributed by atoms with E-state index in [1.54, 1.807) is 7.11 Å². The van der Waals surface area contributed by atoms with Gasteiger partial charge in [0.15, 0.2) is 0 Å². The summed E-state index contributed by atoms with van der Waals surface area (Å²) in [4.78, 5) is 24.4. The average molecular weight is 270 g/mol. The Balaban J connectivity index is 1.88. The van der Waals surface area contributed by atoms with Gasteiger partial charge in [-0.2, -0.15) is 0 Å². The van der Waals surface area contributed by atoms with Crippen molar-refractivity contribution in [3.05, 3.63) is 0 Å². The van der Waals surface area contributed by atoms with Crippen LogP contribution in [0.5, 0.6) is 0 Å². The molecule has 0 aromatic carbocycles. The minimum Gasteiger partial charge on any atom is -0.480 e. The molecule has 0 saturated heterocycles. The normalized spacial score (nSPS) is 26.2. The molecular formula is C13H22N2O4. The Morgan fingerprint density at radius 1 is 1.32 bits per heavy atom. The predicted octanol–water partition coefficient (Wildman–Crippen LogP) is 1.06. The third-order valence-corrected chi connectivity index (χ3v) is 3.85. The second-order valence-corrected chi connectivity index (χ2v) is 5.48. The number of aliphatic carboxylic acids is 1. The molecule has 2 aliphatic rings. The summed E-state index contributed by atoms with van der Waals surface area (Å²) in [5.41, 5.74) is 0. The zero-order valence-electron chi connectivity index (χ0n) is 11.3. The van der Waals surface area contributed by atoms with E-state index < -0.39 is 5.97 Å². The number of urea groups is 1. The number of ether oxygens (including phenoxy) is 1. The van der Waals surface area contributed by atoms with E-state index in [0.717, 1.165) is 32.1 Å². The first-order valence-corrected chi connectivity index (χ1v) is 6.90. The molecule has 0 heterocycles. The number of nitrogens with one attached hydrogen (secondary N) is 1. The van der Waals surface area contributed by atoms with Crippen molar-refractivity contribution in [1.29, 1.82) is 0 Å². The molecule has 0 radical (unpaired) electrons. The fraction of sp³-hybridized carbons (Fsp3) is 0.846. The Morgan fingerprint density at radius 2 is 2.05 bits per heavy atom. The molecule has 2 saturated carbocycles. The van der Waals surface area contributed by atoms with Crippen LogP contribution in [0.2, 0.25) is 0 Å². The lowest BCUT2D eigenvalue weighted by molar-refractivity contribution is -0.137. The van der Waals surface area contributed by atoms with E-state index in [4.69, 9.17) is 9.84 Å². The first kappa shape index (κ1) is 14.1. The maximum Gasteiger partial charge on any atom is 0.323 e. The van der Waals surface area contributed by atoms with E-state index in [2.05, 4.69) is 5.32 Å². The molecule has 0 bridgehead atoms. The summed E-state index contributed by atoms with van der Waals surface area (Å²) in [6, 6.07) is -0.267. The van der Waals surface area contributed by atoms with Crippen LogP contribution in [0.15, 0.2) is 0 Å². The van der Waals surface area contributed by atoms with Crippen LogP contribution in [0, 0.1) is 5.92 Å². The molecule has 0 aromatic rings. The van der Waals surface area contributed by atoms with Gasteiger partial charge in [0.05, 0.1) is 12.1 Å². The lowest BCUT2D eigenvalue weighted by Gasteiger charge is -2.26. The highest BCUT2D eigenvalue weighted by Gasteiger charge is 2.32. The van der Waals surface area contributed by atoms with E-state index in [1.807, 2.05) is 0 Å². The lowest BCUT2D eigenvalue weighted by Crippen LogP contribution is -2.49. The van der Waals surface area contributed by atoms with Crippen molar-refractivity contribution in [2.24, 2.45) is 5.92 Å². The van der Waals surface area contributed by atoms with Crippen molar-refractivity contribution in [2.75, 3.05) is 20.2 Å². The van der Waals surface area contributed by atoms with Gasteiger partial charge >= 0.3 is 12.0 Å². The highest BCUT2D eigenvalue weighted by Crippen LogP contribution is 2.30. The van der Waals surface area contributed by atoms with E-state index in [-0.39, 0.29) is 24.7 Å². The van der Waals surface area contributed by atoms with Gasteiger partial charge in [-0.25, -0.2) is 4.79 Å². The van der Waals surface area contributed by atoms with Gasteiger partial charge in [0, 0.05) is 13.7 Å². The Morgan fingerprint density at radius 3 is 2.63 bits per heavy atom. The van der Waals surface area contributed by atoms with Gasteiger partial charge < -0.3 is 20.1 Å². The van der Waals surface area contributed by atoms with Crippen LogP contribution in [0.1, 0.15) is 32.1 Å². The van der Waals surface area contributed by atoms with E-state index in [1.165, 1.54) is 4.90 Å². The van der Waals surface area contributed by atoms with Gasteiger partial charge in [-0.3, -0.25) is 4.79 Å². The molecule has 2 N–H and O–H groups in total. The number of carbonyl (C=O) groups is 2. The fourth-order valence-electron chi connectivity index (χ4n) is 2.62. The summed E-state index contributed by atoms with van der Waals surface area (Å²) < 4.78 is 5.33. The molecule has 2 unspecified atom stereocenters. The Labute approximate surface area is 113 Å². The second kappa shape index (κ2) is 6.23. The van der Waals surface area contributed by atoms with Crippen LogP contribution in [-0.2, 0) is 9.53 Å². The number of carboxylic acid groups (broad SMARTS) is 1. The summed E-state index contributed by atoms with van der Waals surface area (Å²) in [5.74, 6) is -0.489. The van der Waals surface area contributed by atoms with Gasteiger partial charge in [-0.1, -0.05) is 0 Å². The number of hydrogen-bond donors (Lipinski definition) is 2. The Kier molecular flexibility index (Phi) is 4.63. The molecule has 0 aliphatic heterocycles. The van der Waals surface area contributed by atoms with Crippen LogP contribution in [-0.4, -0.2) is 54.4 Å². The zero-order valence-corrected chi connectivity index (χ0v) is 11.3. The quantitative estimate of drug-likeness (QED) is 0.756. The smallest absolute Gasteiger partial charge is 0.323 e. The van der Waals surface area contributed by atoms with Crippen LogP contribution >= 0.6 is 0 Å². The molecule has 0 spiro atoms. The van der Waals surface area contributed by atoms with Crippen molar-refractivity contribution in [2.45, 2.75) is 44.2 Å². The van der Waals surface area contributed by atoms with Gasteiger partial charge in [-0.15, -0.1) is 0 Å². The Bertz CT molecular complexity index is 344. The maximum absolute atomic E-state index is 12.2. The minimum atomic E-state index is -0.967. The molecule has 6 nitrogen and oxygen atoms in total. The number of nitrogens with zero attached hydrogens (tertiary/aromatic N) is 1. The summed E-state index contributed by atoms with van der Waals surface area (Å²) in [5, 5.41) is 11.8. The molecule has 6 heteroatoms. The van der Waals surface area contributed by atoms with Crippen molar-refractivity contribution in [3.8, 4) is 0 Å². The van der Waals surface area contributed by atoms with Crippen LogP contribution in [0.4, 0.5) is 4.79 Å². The third kappa shape index (κ3) is 4.09. The van der Waals surface area contributed by atoms with Crippen molar-refractivity contribution in [1.82, 2.24) is 10.2 Å². The SMILES string of the molecule is COC1CCCC1NC(=O)N(CC(=O)O)CC1CC1. The third-order valence-electron chi connectivity index (χ3n) is 3.85. The topological polar surface area (TPSA) is 78.9 Å². The van der Waals surface area contributed by atoms with Crippen LogP contribution in [0.25, 0.3) is 0 Å². The summed E-state index contributed by atoms with van der Waals surface area (Å²) in [6.45, 7) is 0.315. The minimum absolute atomic E-state index is 0.00741. The number of amides is 2. The molecular weight excluding hydrogens is 248 g/mol. The summed E-state index contributed by atoms with van der Waals surface area (Å²) in [7, 11) is 1.65. The fourth-order valence-corrected chi connectivity index (χ4v) is 2.62. The highest BCUT2D eigenvalue weighted by molar-refractivity contribution is 5.80. The van der Waals surface area contributed by atoms with E-state index >= 15 is 0 Å². The van der Waals surface area contributed by atoms with Crippen molar-refractivity contribution < 1.29 is 19.4 Å². The van der Waals surface area contributed by atoms with Crippen LogP contribution < -0.4 is 5.32 Å². The number of methoxy groups -OCH3 is 1. The van der Waals surface area contributed by atoms with Crippen molar-refractivity contribution in [3.63, 3.8) is 0 Å².